The van der Waals surface area contributed by atoms with Crippen molar-refractivity contribution in [1.82, 2.24) is 0 Å². The summed E-state index contributed by atoms with van der Waals surface area (Å²) in [6.07, 6.45) is 0. The lowest BCUT2D eigenvalue weighted by atomic mass is 10.1. The predicted octanol–water partition coefficient (Wildman–Crippen LogP) is 3.51. The minimum Gasteiger partial charge on any atom is -0.205 e. The van der Waals surface area contributed by atoms with Crippen LogP contribution in [0, 0.1) is 5.82 Å². The molecule has 0 amide bonds. The Morgan fingerprint density at radius 2 is 2.18 bits per heavy atom. The molecule has 0 atom stereocenters. The monoisotopic (exact) mass is 170 g/mol. The van der Waals surface area contributed by atoms with Crippen molar-refractivity contribution in [2.24, 2.45) is 0 Å². The van der Waals surface area contributed by atoms with E-state index in [4.69, 9.17) is 11.6 Å². The average molecular weight is 171 g/mol. The van der Waals surface area contributed by atoms with Crippen molar-refractivity contribution in [3.63, 3.8) is 0 Å². The van der Waals surface area contributed by atoms with Gasteiger partial charge in [0.1, 0.15) is 5.82 Å². The van der Waals surface area contributed by atoms with Crippen molar-refractivity contribution in [2.75, 3.05) is 0 Å². The summed E-state index contributed by atoms with van der Waals surface area (Å²) in [5, 5.41) is 0.153. The smallest absolute Gasteiger partial charge is 0.142 e. The van der Waals surface area contributed by atoms with Crippen molar-refractivity contribution >= 4 is 17.2 Å². The molecule has 0 saturated heterocycles. The second-order valence-corrected chi connectivity index (χ2v) is 2.76. The molecule has 0 N–H and O–H groups in total. The number of allylic oxidation sites excluding steroid dienone is 1. The summed E-state index contributed by atoms with van der Waals surface area (Å²) < 4.78 is 12.8. The molecule has 11 heavy (non-hydrogen) atoms. The first-order valence-electron chi connectivity index (χ1n) is 3.23. The van der Waals surface area contributed by atoms with E-state index in [2.05, 4.69) is 6.58 Å². The van der Waals surface area contributed by atoms with Crippen molar-refractivity contribution in [3.05, 3.63) is 41.2 Å². The van der Waals surface area contributed by atoms with Crippen molar-refractivity contribution in [2.45, 2.75) is 6.92 Å². The first-order chi connectivity index (χ1) is 5.13. The average Bonchev–Trinajstić information content (AvgIpc) is 1.94. The van der Waals surface area contributed by atoms with Gasteiger partial charge in [0.25, 0.3) is 0 Å². The van der Waals surface area contributed by atoms with Gasteiger partial charge in [0.2, 0.25) is 0 Å². The molecule has 0 aliphatic carbocycles. The highest BCUT2D eigenvalue weighted by atomic mass is 35.5. The number of rotatable bonds is 1. The summed E-state index contributed by atoms with van der Waals surface area (Å²) in [4.78, 5) is 0. The van der Waals surface area contributed by atoms with Crippen LogP contribution in [0.2, 0.25) is 5.02 Å². The zero-order valence-corrected chi connectivity index (χ0v) is 6.95. The van der Waals surface area contributed by atoms with Crippen LogP contribution < -0.4 is 0 Å². The number of benzene rings is 1. The number of hydrogen-bond donors (Lipinski definition) is 0. The highest BCUT2D eigenvalue weighted by Gasteiger charge is 2.04. The van der Waals surface area contributed by atoms with Gasteiger partial charge in [-0.05, 0) is 24.1 Å². The molecule has 1 aromatic rings. The van der Waals surface area contributed by atoms with E-state index >= 15 is 0 Å². The first-order valence-corrected chi connectivity index (χ1v) is 3.60. The Bertz CT molecular complexity index is 292. The molecule has 2 heteroatoms. The fraction of sp³-hybridized carbons (Fsp3) is 0.111. The molecule has 0 aromatic heterocycles. The molecule has 0 radical (unpaired) electrons. The quantitative estimate of drug-likeness (QED) is 0.605. The van der Waals surface area contributed by atoms with Gasteiger partial charge in [-0.3, -0.25) is 0 Å². The Morgan fingerprint density at radius 1 is 1.55 bits per heavy atom. The molecule has 0 fully saturated rings. The Hall–Kier alpha value is -0.820. The van der Waals surface area contributed by atoms with E-state index < -0.39 is 5.82 Å². The molecule has 1 aromatic carbocycles. The molecule has 0 aliphatic heterocycles. The largest absolute Gasteiger partial charge is 0.205 e. The van der Waals surface area contributed by atoms with Gasteiger partial charge >= 0.3 is 0 Å². The highest BCUT2D eigenvalue weighted by molar-refractivity contribution is 6.32. The van der Waals surface area contributed by atoms with Gasteiger partial charge in [0, 0.05) is 0 Å². The summed E-state index contributed by atoms with van der Waals surface area (Å²) in [6, 6.07) is 4.69. The lowest BCUT2D eigenvalue weighted by Gasteiger charge is -2.02. The zero-order chi connectivity index (χ0) is 8.43. The van der Waals surface area contributed by atoms with E-state index in [0.717, 1.165) is 5.57 Å². The third kappa shape index (κ3) is 1.60. The molecular weight excluding hydrogens is 163 g/mol. The molecular formula is C9H8ClF. The van der Waals surface area contributed by atoms with Crippen LogP contribution in [0.15, 0.2) is 24.8 Å². The minimum absolute atomic E-state index is 0.153. The maximum Gasteiger partial charge on any atom is 0.142 e. The topological polar surface area (TPSA) is 0 Å². The van der Waals surface area contributed by atoms with Gasteiger partial charge < -0.3 is 0 Å². The van der Waals surface area contributed by atoms with Gasteiger partial charge in [-0.2, -0.15) is 0 Å². The van der Waals surface area contributed by atoms with Gasteiger partial charge in [-0.25, -0.2) is 4.39 Å². The summed E-state index contributed by atoms with van der Waals surface area (Å²) in [5.41, 5.74) is 1.45. The van der Waals surface area contributed by atoms with Crippen LogP contribution in [0.5, 0.6) is 0 Å². The molecule has 0 unspecified atom stereocenters. The van der Waals surface area contributed by atoms with Crippen LogP contribution in [0.1, 0.15) is 12.5 Å². The van der Waals surface area contributed by atoms with E-state index in [9.17, 15) is 4.39 Å². The maximum absolute atomic E-state index is 12.8. The van der Waals surface area contributed by atoms with Crippen molar-refractivity contribution in [1.29, 1.82) is 0 Å². The molecule has 0 bridgehead atoms. The van der Waals surface area contributed by atoms with Crippen molar-refractivity contribution in [3.8, 4) is 0 Å². The molecule has 0 aliphatic rings. The lowest BCUT2D eigenvalue weighted by Crippen LogP contribution is -1.83. The standard InChI is InChI=1S/C9H8ClF/c1-6(2)7-4-3-5-8(11)9(7)10/h3-5H,1H2,2H3. The van der Waals surface area contributed by atoms with Gasteiger partial charge in [0.05, 0.1) is 5.02 Å². The third-order valence-electron chi connectivity index (χ3n) is 1.41. The molecule has 58 valence electrons. The summed E-state index contributed by atoms with van der Waals surface area (Å²) in [7, 11) is 0. The second kappa shape index (κ2) is 3.05. The molecule has 0 nitrogen and oxygen atoms in total. The van der Waals surface area contributed by atoms with Crippen LogP contribution in [0.25, 0.3) is 5.57 Å². The van der Waals surface area contributed by atoms with Crippen LogP contribution >= 0.6 is 11.6 Å². The van der Waals surface area contributed by atoms with Gasteiger partial charge in [0.15, 0.2) is 0 Å². The van der Waals surface area contributed by atoms with E-state index in [1.54, 1.807) is 19.1 Å². The van der Waals surface area contributed by atoms with Crippen LogP contribution in [0.4, 0.5) is 4.39 Å². The zero-order valence-electron chi connectivity index (χ0n) is 6.20. The van der Waals surface area contributed by atoms with E-state index in [1.165, 1.54) is 6.07 Å². The fourth-order valence-electron chi connectivity index (χ4n) is 0.833. The molecule has 0 heterocycles. The lowest BCUT2D eigenvalue weighted by molar-refractivity contribution is 0.628. The number of hydrogen-bond acceptors (Lipinski definition) is 0. The van der Waals surface area contributed by atoms with E-state index in [0.29, 0.717) is 5.56 Å². The third-order valence-corrected chi connectivity index (χ3v) is 1.80. The van der Waals surface area contributed by atoms with Gasteiger partial charge in [-0.15, -0.1) is 0 Å². The summed E-state index contributed by atoms with van der Waals surface area (Å²) in [5.74, 6) is -0.396. The Morgan fingerprint density at radius 3 is 2.64 bits per heavy atom. The SMILES string of the molecule is C=C(C)c1cccc(F)c1Cl. The maximum atomic E-state index is 12.8. The Kier molecular flexibility index (Phi) is 2.30. The Balaban J connectivity index is 3.27. The second-order valence-electron chi connectivity index (χ2n) is 2.38. The molecule has 1 rings (SSSR count). The van der Waals surface area contributed by atoms with Crippen LogP contribution in [-0.4, -0.2) is 0 Å². The number of halogens is 2. The molecule has 0 spiro atoms. The summed E-state index contributed by atoms with van der Waals surface area (Å²) >= 11 is 5.65. The van der Waals surface area contributed by atoms with Crippen molar-refractivity contribution < 1.29 is 4.39 Å². The minimum atomic E-state index is -0.396. The molecule has 0 saturated carbocycles. The summed E-state index contributed by atoms with van der Waals surface area (Å²) in [6.45, 7) is 5.47. The van der Waals surface area contributed by atoms with E-state index in [1.807, 2.05) is 0 Å². The highest BCUT2D eigenvalue weighted by Crippen LogP contribution is 2.24. The first kappa shape index (κ1) is 8.28. The normalized spacial score (nSPS) is 9.73. The van der Waals surface area contributed by atoms with Crippen LogP contribution in [0.3, 0.4) is 0 Å². The fourth-order valence-corrected chi connectivity index (χ4v) is 1.12. The van der Waals surface area contributed by atoms with Crippen LogP contribution in [-0.2, 0) is 0 Å². The Labute approximate surface area is 70.3 Å². The van der Waals surface area contributed by atoms with Gasteiger partial charge in [-0.1, -0.05) is 30.3 Å². The van der Waals surface area contributed by atoms with E-state index in [-0.39, 0.29) is 5.02 Å². The predicted molar refractivity (Wildman–Crippen MR) is 46.1 cm³/mol.